The summed E-state index contributed by atoms with van der Waals surface area (Å²) in [7, 11) is 0. The van der Waals surface area contributed by atoms with E-state index < -0.39 is 0 Å². The van der Waals surface area contributed by atoms with Crippen molar-refractivity contribution in [1.29, 1.82) is 5.26 Å². The van der Waals surface area contributed by atoms with Gasteiger partial charge in [0.05, 0.1) is 32.3 Å². The maximum atomic E-state index is 12.7. The molecule has 0 aliphatic carbocycles. The molecule has 0 spiro atoms. The molecule has 0 atom stereocenters. The second kappa shape index (κ2) is 9.40. The van der Waals surface area contributed by atoms with E-state index in [4.69, 9.17) is 23.2 Å². The number of aromatic nitrogens is 1. The van der Waals surface area contributed by atoms with Gasteiger partial charge >= 0.3 is 0 Å². The van der Waals surface area contributed by atoms with Crippen LogP contribution in [0.2, 0.25) is 10.0 Å². The highest BCUT2D eigenvalue weighted by atomic mass is 35.5. The third-order valence-corrected chi connectivity index (χ3v) is 7.11. The van der Waals surface area contributed by atoms with E-state index in [-0.39, 0.29) is 5.91 Å². The van der Waals surface area contributed by atoms with E-state index in [2.05, 4.69) is 20.9 Å². The van der Waals surface area contributed by atoms with Gasteiger partial charge in [-0.25, -0.2) is 4.99 Å². The number of thioether (sulfide) groups is 1. The van der Waals surface area contributed by atoms with Crippen LogP contribution in [0.5, 0.6) is 0 Å². The lowest BCUT2D eigenvalue weighted by atomic mass is 10.1. The van der Waals surface area contributed by atoms with Gasteiger partial charge in [-0.15, -0.1) is 0 Å². The maximum Gasteiger partial charge on any atom is 0.264 e. The third kappa shape index (κ3) is 4.34. The predicted octanol–water partition coefficient (Wildman–Crippen LogP) is 6.76. The third-order valence-electron chi connectivity index (χ3n) is 5.39. The molecule has 1 aliphatic rings. The molecule has 1 N–H and O–H groups in total. The molecule has 0 saturated carbocycles. The van der Waals surface area contributed by atoms with Gasteiger partial charge in [0.25, 0.3) is 5.91 Å². The van der Waals surface area contributed by atoms with Crippen LogP contribution in [0.15, 0.2) is 82.8 Å². The number of hydrogen-bond acceptors (Lipinski definition) is 4. The number of benzene rings is 3. The number of amides is 1. The fourth-order valence-corrected chi connectivity index (χ4v) is 4.95. The summed E-state index contributed by atoms with van der Waals surface area (Å²) in [6.07, 6.45) is 3.86. The fraction of sp³-hybridized carbons (Fsp3) is 0.0385. The van der Waals surface area contributed by atoms with Gasteiger partial charge in [-0.2, -0.15) is 5.26 Å². The van der Waals surface area contributed by atoms with E-state index in [9.17, 15) is 10.1 Å². The van der Waals surface area contributed by atoms with Crippen LogP contribution in [0.1, 0.15) is 16.7 Å². The molecule has 4 aromatic rings. The molecule has 0 unspecified atom stereocenters. The molecule has 0 radical (unpaired) electrons. The van der Waals surface area contributed by atoms with Crippen molar-refractivity contribution in [1.82, 2.24) is 9.88 Å². The Morgan fingerprint density at radius 3 is 2.71 bits per heavy atom. The van der Waals surface area contributed by atoms with Crippen LogP contribution in [-0.4, -0.2) is 15.6 Å². The number of rotatable bonds is 4. The zero-order chi connectivity index (χ0) is 23.7. The Bertz CT molecular complexity index is 1550. The molecule has 166 valence electrons. The number of nitrogens with one attached hydrogen (secondary N) is 1. The number of amidine groups is 1. The van der Waals surface area contributed by atoms with Gasteiger partial charge in [0, 0.05) is 29.2 Å². The molecular formula is C26H16Cl2N4OS. The van der Waals surface area contributed by atoms with E-state index >= 15 is 0 Å². The molecule has 1 aliphatic heterocycles. The molecule has 1 amide bonds. The van der Waals surface area contributed by atoms with E-state index in [1.54, 1.807) is 18.2 Å². The SMILES string of the molecule is N#Cc1ccccc1Cn1cc(/C=C2\SC(=Nc3cccc(Cl)c3Cl)NC2=O)c2ccccc21. The standard InChI is InChI=1S/C26H16Cl2N4OS/c27-20-9-5-10-21(24(20)28)30-26-31-25(33)23(34-26)12-18-15-32(22-11-4-3-8-19(18)22)14-17-7-2-1-6-16(17)13-29/h1-12,15H,14H2,(H,30,31,33)/b23-12-. The first-order chi connectivity index (χ1) is 16.5. The molecule has 2 heterocycles. The molecule has 34 heavy (non-hydrogen) atoms. The Morgan fingerprint density at radius 2 is 1.85 bits per heavy atom. The average Bonchev–Trinajstić information content (AvgIpc) is 3.37. The van der Waals surface area contributed by atoms with Crippen molar-refractivity contribution in [2.45, 2.75) is 6.54 Å². The Labute approximate surface area is 210 Å². The van der Waals surface area contributed by atoms with Crippen molar-refractivity contribution < 1.29 is 4.79 Å². The number of aliphatic imine (C=N–C) groups is 1. The van der Waals surface area contributed by atoms with Crippen LogP contribution in [0.25, 0.3) is 17.0 Å². The van der Waals surface area contributed by atoms with Crippen LogP contribution < -0.4 is 5.32 Å². The fourth-order valence-electron chi connectivity index (χ4n) is 3.78. The summed E-state index contributed by atoms with van der Waals surface area (Å²) in [6, 6.07) is 23.0. The highest BCUT2D eigenvalue weighted by molar-refractivity contribution is 8.18. The van der Waals surface area contributed by atoms with Crippen molar-refractivity contribution in [3.63, 3.8) is 0 Å². The largest absolute Gasteiger partial charge is 0.342 e. The number of halogens is 2. The molecule has 3 aromatic carbocycles. The monoisotopic (exact) mass is 502 g/mol. The van der Waals surface area contributed by atoms with Gasteiger partial charge in [-0.05, 0) is 47.7 Å². The Hall–Kier alpha value is -3.50. The van der Waals surface area contributed by atoms with Gasteiger partial charge in [0.15, 0.2) is 5.17 Å². The molecule has 1 fully saturated rings. The highest BCUT2D eigenvalue weighted by Gasteiger charge is 2.25. The summed E-state index contributed by atoms with van der Waals surface area (Å²) in [4.78, 5) is 17.6. The molecule has 1 saturated heterocycles. The van der Waals surface area contributed by atoms with Crippen molar-refractivity contribution in [3.05, 3.63) is 105 Å². The van der Waals surface area contributed by atoms with Gasteiger partial charge in [-0.1, -0.05) is 65.7 Å². The van der Waals surface area contributed by atoms with Gasteiger partial charge in [0.1, 0.15) is 0 Å². The van der Waals surface area contributed by atoms with Crippen LogP contribution in [0.4, 0.5) is 5.69 Å². The molecular weight excluding hydrogens is 487 g/mol. The number of carbonyl (C=O) groups excluding carboxylic acids is 1. The lowest BCUT2D eigenvalue weighted by Crippen LogP contribution is -2.19. The van der Waals surface area contributed by atoms with Crippen molar-refractivity contribution in [2.75, 3.05) is 0 Å². The summed E-state index contributed by atoms with van der Waals surface area (Å²) in [5, 5.41) is 14.4. The normalized spacial score (nSPS) is 15.7. The maximum absolute atomic E-state index is 12.7. The number of nitriles is 1. The Balaban J connectivity index is 1.50. The minimum absolute atomic E-state index is 0.228. The minimum atomic E-state index is -0.228. The van der Waals surface area contributed by atoms with Crippen molar-refractivity contribution in [3.8, 4) is 6.07 Å². The number of nitrogens with zero attached hydrogens (tertiary/aromatic N) is 3. The second-order valence-electron chi connectivity index (χ2n) is 7.55. The van der Waals surface area contributed by atoms with Crippen molar-refractivity contribution >= 4 is 68.7 Å². The van der Waals surface area contributed by atoms with Crippen molar-refractivity contribution in [2.24, 2.45) is 4.99 Å². The lowest BCUT2D eigenvalue weighted by Gasteiger charge is -2.07. The van der Waals surface area contributed by atoms with Gasteiger partial charge in [-0.3, -0.25) is 4.79 Å². The van der Waals surface area contributed by atoms with E-state index in [0.29, 0.717) is 37.9 Å². The molecule has 5 nitrogen and oxygen atoms in total. The zero-order valence-electron chi connectivity index (χ0n) is 17.6. The van der Waals surface area contributed by atoms with Crippen LogP contribution >= 0.6 is 35.0 Å². The first-order valence-corrected chi connectivity index (χ1v) is 11.9. The summed E-state index contributed by atoms with van der Waals surface area (Å²) in [5.41, 5.74) is 4.00. The number of fused-ring (bicyclic) bond motifs is 1. The predicted molar refractivity (Wildman–Crippen MR) is 139 cm³/mol. The second-order valence-corrected chi connectivity index (χ2v) is 9.37. The average molecular weight is 503 g/mol. The summed E-state index contributed by atoms with van der Waals surface area (Å²) in [6.45, 7) is 0.548. The Kier molecular flexibility index (Phi) is 6.16. The molecule has 0 bridgehead atoms. The van der Waals surface area contributed by atoms with Gasteiger partial charge in [0.2, 0.25) is 0 Å². The lowest BCUT2D eigenvalue weighted by molar-refractivity contribution is -0.115. The Morgan fingerprint density at radius 1 is 1.06 bits per heavy atom. The molecule has 8 heteroatoms. The quantitative estimate of drug-likeness (QED) is 0.313. The first-order valence-electron chi connectivity index (χ1n) is 10.3. The van der Waals surface area contributed by atoms with Gasteiger partial charge < -0.3 is 9.88 Å². The summed E-state index contributed by atoms with van der Waals surface area (Å²) < 4.78 is 2.09. The molecule has 1 aromatic heterocycles. The van der Waals surface area contributed by atoms with Crippen LogP contribution in [-0.2, 0) is 11.3 Å². The van der Waals surface area contributed by atoms with E-state index in [1.807, 2.05) is 60.8 Å². The van der Waals surface area contributed by atoms with Crippen LogP contribution in [0.3, 0.4) is 0 Å². The number of hydrogen-bond donors (Lipinski definition) is 1. The zero-order valence-corrected chi connectivity index (χ0v) is 20.0. The molecule has 5 rings (SSSR count). The van der Waals surface area contributed by atoms with Crippen LogP contribution in [0, 0.1) is 11.3 Å². The minimum Gasteiger partial charge on any atom is -0.342 e. The number of carbonyl (C=O) groups is 1. The summed E-state index contributed by atoms with van der Waals surface area (Å²) >= 11 is 13.6. The van der Waals surface area contributed by atoms with E-state index in [1.165, 1.54) is 11.8 Å². The topological polar surface area (TPSA) is 70.2 Å². The first kappa shape index (κ1) is 22.3. The highest BCUT2D eigenvalue weighted by Crippen LogP contribution is 2.35. The summed E-state index contributed by atoms with van der Waals surface area (Å²) in [5.74, 6) is -0.228. The number of para-hydroxylation sites is 1. The smallest absolute Gasteiger partial charge is 0.264 e. The van der Waals surface area contributed by atoms with E-state index in [0.717, 1.165) is 22.0 Å².